The van der Waals surface area contributed by atoms with Gasteiger partial charge in [0.15, 0.2) is 0 Å². The number of benzene rings is 2. The van der Waals surface area contributed by atoms with Crippen LogP contribution in [0.4, 0.5) is 23.0 Å². The molecular formula is C31H32N8O3. The number of methoxy groups -OCH3 is 1. The Hall–Kier alpha value is -5.08. The number of nitrogens with zero attached hydrogens (tertiary/aromatic N) is 6. The first-order chi connectivity index (χ1) is 20.4. The molecule has 11 nitrogen and oxygen atoms in total. The second-order valence-corrected chi connectivity index (χ2v) is 10.5. The van der Waals surface area contributed by atoms with E-state index in [-0.39, 0.29) is 11.9 Å². The van der Waals surface area contributed by atoms with E-state index >= 15 is 0 Å². The fraction of sp³-hybridized carbons (Fsp3) is 0.290. The average Bonchev–Trinajstić information content (AvgIpc) is 3.64. The Bertz CT molecular complexity index is 1740. The third-order valence-corrected chi connectivity index (χ3v) is 7.86. The van der Waals surface area contributed by atoms with Crippen LogP contribution in [-0.2, 0) is 11.3 Å². The Labute approximate surface area is 244 Å². The lowest BCUT2D eigenvalue weighted by Crippen LogP contribution is -2.31. The van der Waals surface area contributed by atoms with Gasteiger partial charge in [-0.1, -0.05) is 18.7 Å². The van der Waals surface area contributed by atoms with Crippen molar-refractivity contribution in [1.29, 1.82) is 5.26 Å². The zero-order valence-corrected chi connectivity index (χ0v) is 23.8. The Morgan fingerprint density at radius 3 is 2.88 bits per heavy atom. The lowest BCUT2D eigenvalue weighted by Gasteiger charge is -2.25. The summed E-state index contributed by atoms with van der Waals surface area (Å²) in [6, 6.07) is 12.3. The maximum atomic E-state index is 12.4. The summed E-state index contributed by atoms with van der Waals surface area (Å²) < 4.78 is 13.8. The van der Waals surface area contributed by atoms with Gasteiger partial charge in [0.05, 0.1) is 53.7 Å². The number of carbonyl (C=O) groups excluding carboxylic acids is 1. The number of rotatable bonds is 8. The quantitative estimate of drug-likeness (QED) is 0.300. The van der Waals surface area contributed by atoms with Crippen molar-refractivity contribution in [3.8, 4) is 28.8 Å². The topological polar surface area (TPSA) is 121 Å². The van der Waals surface area contributed by atoms with Gasteiger partial charge >= 0.3 is 0 Å². The van der Waals surface area contributed by atoms with Crippen LogP contribution in [0.15, 0.2) is 55.4 Å². The molecule has 0 bridgehead atoms. The van der Waals surface area contributed by atoms with Crippen LogP contribution in [0.25, 0.3) is 22.2 Å². The van der Waals surface area contributed by atoms with E-state index in [9.17, 15) is 10.1 Å². The monoisotopic (exact) mass is 564 g/mol. The first-order valence-corrected chi connectivity index (χ1v) is 13.8. The van der Waals surface area contributed by atoms with Crippen LogP contribution < -0.4 is 25.0 Å². The van der Waals surface area contributed by atoms with Gasteiger partial charge < -0.3 is 34.5 Å². The number of carbonyl (C=O) groups is 1. The van der Waals surface area contributed by atoms with Gasteiger partial charge in [-0.2, -0.15) is 5.26 Å². The van der Waals surface area contributed by atoms with Crippen molar-refractivity contribution in [2.24, 2.45) is 0 Å². The molecule has 1 amide bonds. The van der Waals surface area contributed by atoms with E-state index in [2.05, 4.69) is 56.7 Å². The summed E-state index contributed by atoms with van der Waals surface area (Å²) in [6.07, 6.45) is 5.78. The minimum absolute atomic E-state index is 0.285. The highest BCUT2D eigenvalue weighted by atomic mass is 16.5. The molecule has 0 aliphatic carbocycles. The molecule has 214 valence electrons. The number of hydrogen-bond donors (Lipinski definition) is 2. The highest BCUT2D eigenvalue weighted by Crippen LogP contribution is 2.41. The van der Waals surface area contributed by atoms with Gasteiger partial charge in [-0.25, -0.2) is 9.97 Å². The number of ether oxygens (including phenoxy) is 2. The van der Waals surface area contributed by atoms with E-state index in [1.807, 2.05) is 36.5 Å². The average molecular weight is 565 g/mol. The maximum absolute atomic E-state index is 12.4. The summed E-state index contributed by atoms with van der Waals surface area (Å²) in [5.41, 5.74) is 4.71. The highest BCUT2D eigenvalue weighted by Gasteiger charge is 2.27. The predicted molar refractivity (Wildman–Crippen MR) is 163 cm³/mol. The molecule has 0 unspecified atom stereocenters. The highest BCUT2D eigenvalue weighted by molar-refractivity contribution is 6.02. The molecule has 0 radical (unpaired) electrons. The van der Waals surface area contributed by atoms with E-state index in [4.69, 9.17) is 14.5 Å². The number of nitriles is 1. The summed E-state index contributed by atoms with van der Waals surface area (Å²) >= 11 is 0. The normalized spacial score (nSPS) is 15.8. The Morgan fingerprint density at radius 1 is 1.29 bits per heavy atom. The van der Waals surface area contributed by atoms with Crippen LogP contribution in [0.1, 0.15) is 12.0 Å². The van der Waals surface area contributed by atoms with Gasteiger partial charge in [-0.05, 0) is 38.7 Å². The lowest BCUT2D eigenvalue weighted by molar-refractivity contribution is -0.111. The summed E-state index contributed by atoms with van der Waals surface area (Å²) in [5.74, 6) is 1.34. The van der Waals surface area contributed by atoms with E-state index in [1.165, 1.54) is 12.3 Å². The first-order valence-electron chi connectivity index (χ1n) is 13.8. The molecule has 42 heavy (non-hydrogen) atoms. The number of nitrogens with one attached hydrogen (secondary N) is 2. The third-order valence-electron chi connectivity index (χ3n) is 7.86. The predicted octanol–water partition coefficient (Wildman–Crippen LogP) is 4.38. The molecule has 2 aromatic carbocycles. The molecule has 2 aliphatic rings. The largest absolute Gasteiger partial charge is 0.494 e. The van der Waals surface area contributed by atoms with Crippen LogP contribution in [-0.4, -0.2) is 72.3 Å². The van der Waals surface area contributed by atoms with Gasteiger partial charge in [0.25, 0.3) is 0 Å². The molecule has 1 saturated heterocycles. The Kier molecular flexibility index (Phi) is 7.14. The van der Waals surface area contributed by atoms with Gasteiger partial charge in [-0.15, -0.1) is 0 Å². The number of aromatic nitrogens is 3. The van der Waals surface area contributed by atoms with Crippen molar-refractivity contribution in [1.82, 2.24) is 19.4 Å². The third kappa shape index (κ3) is 4.86. The fourth-order valence-corrected chi connectivity index (χ4v) is 5.67. The van der Waals surface area contributed by atoms with E-state index in [1.54, 1.807) is 7.11 Å². The van der Waals surface area contributed by atoms with Crippen molar-refractivity contribution in [2.75, 3.05) is 56.4 Å². The van der Waals surface area contributed by atoms with Crippen molar-refractivity contribution in [2.45, 2.75) is 19.0 Å². The summed E-state index contributed by atoms with van der Waals surface area (Å²) in [7, 11) is 5.75. The molecule has 2 aromatic heterocycles. The van der Waals surface area contributed by atoms with Crippen molar-refractivity contribution >= 4 is 39.8 Å². The molecule has 6 rings (SSSR count). The van der Waals surface area contributed by atoms with Crippen LogP contribution in [0.3, 0.4) is 0 Å². The molecule has 1 atom stereocenters. The van der Waals surface area contributed by atoms with Crippen molar-refractivity contribution in [3.63, 3.8) is 0 Å². The van der Waals surface area contributed by atoms with Crippen LogP contribution in [0.5, 0.6) is 11.5 Å². The van der Waals surface area contributed by atoms with Crippen molar-refractivity contribution < 1.29 is 14.3 Å². The van der Waals surface area contributed by atoms with Gasteiger partial charge in [0.2, 0.25) is 11.9 Å². The number of hydrogen-bond acceptors (Lipinski definition) is 9. The molecular weight excluding hydrogens is 532 g/mol. The molecule has 0 saturated carbocycles. The molecule has 4 aromatic rings. The summed E-state index contributed by atoms with van der Waals surface area (Å²) in [5, 5.41) is 17.1. The smallest absolute Gasteiger partial charge is 0.247 e. The number of likely N-dealkylation sites (N-methyl/N-ethyl adjacent to an activating group) is 1. The molecule has 2 aliphatic heterocycles. The summed E-state index contributed by atoms with van der Waals surface area (Å²) in [4.78, 5) is 26.1. The van der Waals surface area contributed by atoms with Crippen LogP contribution in [0, 0.1) is 11.3 Å². The minimum atomic E-state index is -0.315. The Morgan fingerprint density at radius 2 is 2.14 bits per heavy atom. The standard InChI is InChI=1S/C31H32N8O3/c1-5-28(40)34-23-13-24(27(41-4)14-25(23)38-10-9-20(17-38)37(2)3)35-31-33-16-19(15-32)29(36-31)22-18-39-11-12-42-26-8-6-7-21(22)30(26)39/h5-8,13-14,16,18,20H,1,9-12,17H2,2-4H3,(H,34,40)(H,33,35,36)/t20-/m1/s1. The second-order valence-electron chi connectivity index (χ2n) is 10.5. The number of anilines is 4. The van der Waals surface area contributed by atoms with E-state index in [0.717, 1.165) is 47.4 Å². The van der Waals surface area contributed by atoms with E-state index < -0.39 is 0 Å². The fourth-order valence-electron chi connectivity index (χ4n) is 5.67. The first kappa shape index (κ1) is 27.1. The second kappa shape index (κ2) is 11.1. The number of amides is 1. The van der Waals surface area contributed by atoms with E-state index in [0.29, 0.717) is 47.6 Å². The van der Waals surface area contributed by atoms with Gasteiger partial charge in [0.1, 0.15) is 24.2 Å². The SMILES string of the molecule is C=CC(=O)Nc1cc(Nc2ncc(C#N)c(-c3cn4c5c(cccc35)OCC4)n2)c(OC)cc1N1CC[C@@H](N(C)C)C1. The maximum Gasteiger partial charge on any atom is 0.247 e. The molecule has 0 spiro atoms. The zero-order chi connectivity index (χ0) is 29.4. The molecule has 2 N–H and O–H groups in total. The summed E-state index contributed by atoms with van der Waals surface area (Å²) in [6.45, 7) is 6.56. The zero-order valence-electron chi connectivity index (χ0n) is 23.8. The van der Waals surface area contributed by atoms with Gasteiger partial charge in [-0.3, -0.25) is 4.79 Å². The lowest BCUT2D eigenvalue weighted by atomic mass is 10.1. The molecule has 1 fully saturated rings. The van der Waals surface area contributed by atoms with Gasteiger partial charge in [0, 0.05) is 42.3 Å². The minimum Gasteiger partial charge on any atom is -0.494 e. The van der Waals surface area contributed by atoms with Crippen molar-refractivity contribution in [3.05, 3.63) is 60.9 Å². The van der Waals surface area contributed by atoms with Crippen LogP contribution in [0.2, 0.25) is 0 Å². The molecule has 4 heterocycles. The Balaban J connectivity index is 1.40. The molecule has 11 heteroatoms. The number of para-hydroxylation sites is 1. The van der Waals surface area contributed by atoms with Crippen LogP contribution >= 0.6 is 0 Å².